The SMILES string of the molecule is COc1ccc(C(=O)Nc2c(C(=O)c3ccc(Cl)cc3)oc3ccccc23)cc1OC. The standard InChI is InChI=1S/C24H18ClNO5/c1-29-19-12-9-15(13-20(19)30-2)24(28)26-21-17-5-3-4-6-18(17)31-23(21)22(27)14-7-10-16(25)11-8-14/h3-13H,1-2H3,(H,26,28). The summed E-state index contributed by atoms with van der Waals surface area (Å²) in [5, 5.41) is 3.96. The van der Waals surface area contributed by atoms with Gasteiger partial charge in [0.2, 0.25) is 5.78 Å². The number of fused-ring (bicyclic) bond motifs is 1. The fraction of sp³-hybridized carbons (Fsp3) is 0.0833. The van der Waals surface area contributed by atoms with Crippen molar-refractivity contribution in [3.63, 3.8) is 0 Å². The number of carbonyl (C=O) groups is 2. The molecule has 7 heteroatoms. The van der Waals surface area contributed by atoms with Gasteiger partial charge in [-0.25, -0.2) is 0 Å². The zero-order valence-corrected chi connectivity index (χ0v) is 17.5. The fourth-order valence-corrected chi connectivity index (χ4v) is 3.35. The average molecular weight is 436 g/mol. The first-order valence-corrected chi connectivity index (χ1v) is 9.74. The Bertz CT molecular complexity index is 1280. The topological polar surface area (TPSA) is 77.8 Å². The third kappa shape index (κ3) is 3.98. The van der Waals surface area contributed by atoms with Crippen LogP contribution in [0, 0.1) is 0 Å². The molecule has 4 aromatic rings. The predicted octanol–water partition coefficient (Wildman–Crippen LogP) is 5.59. The maximum atomic E-state index is 13.1. The van der Waals surface area contributed by atoms with E-state index in [-0.39, 0.29) is 11.5 Å². The van der Waals surface area contributed by atoms with Gasteiger partial charge >= 0.3 is 0 Å². The van der Waals surface area contributed by atoms with E-state index in [9.17, 15) is 9.59 Å². The number of nitrogens with one attached hydrogen (secondary N) is 1. The molecule has 0 radical (unpaired) electrons. The van der Waals surface area contributed by atoms with Gasteiger partial charge in [-0.05, 0) is 54.6 Å². The Balaban J connectivity index is 1.75. The first-order valence-electron chi connectivity index (χ1n) is 9.37. The van der Waals surface area contributed by atoms with Crippen molar-refractivity contribution in [1.29, 1.82) is 0 Å². The van der Waals surface area contributed by atoms with Crippen molar-refractivity contribution in [2.45, 2.75) is 0 Å². The summed E-state index contributed by atoms with van der Waals surface area (Å²) in [7, 11) is 3.01. The Morgan fingerprint density at radius 3 is 2.26 bits per heavy atom. The summed E-state index contributed by atoms with van der Waals surface area (Å²) < 4.78 is 16.3. The van der Waals surface area contributed by atoms with Gasteiger partial charge in [0.25, 0.3) is 5.91 Å². The molecule has 1 heterocycles. The van der Waals surface area contributed by atoms with Crippen LogP contribution in [0.15, 0.2) is 71.1 Å². The third-order valence-electron chi connectivity index (χ3n) is 4.79. The minimum atomic E-state index is -0.419. The van der Waals surface area contributed by atoms with Gasteiger partial charge in [0.05, 0.1) is 19.9 Å². The average Bonchev–Trinajstić information content (AvgIpc) is 3.16. The number of amides is 1. The molecule has 0 atom stereocenters. The quantitative estimate of drug-likeness (QED) is 0.399. The molecule has 1 aromatic heterocycles. The van der Waals surface area contributed by atoms with E-state index in [4.69, 9.17) is 25.5 Å². The summed E-state index contributed by atoms with van der Waals surface area (Å²) in [4.78, 5) is 26.1. The van der Waals surface area contributed by atoms with Crippen molar-refractivity contribution in [3.8, 4) is 11.5 Å². The highest BCUT2D eigenvalue weighted by Gasteiger charge is 2.24. The minimum Gasteiger partial charge on any atom is -0.493 e. The van der Waals surface area contributed by atoms with Crippen LogP contribution in [0.4, 0.5) is 5.69 Å². The lowest BCUT2D eigenvalue weighted by Crippen LogP contribution is -2.14. The van der Waals surface area contributed by atoms with Gasteiger partial charge in [0, 0.05) is 21.5 Å². The van der Waals surface area contributed by atoms with Gasteiger partial charge in [0.1, 0.15) is 5.58 Å². The van der Waals surface area contributed by atoms with Crippen LogP contribution in [0.5, 0.6) is 11.5 Å². The minimum absolute atomic E-state index is 0.0392. The van der Waals surface area contributed by atoms with Crippen molar-refractivity contribution in [3.05, 3.63) is 88.6 Å². The van der Waals surface area contributed by atoms with E-state index >= 15 is 0 Å². The van der Waals surface area contributed by atoms with Crippen LogP contribution in [0.1, 0.15) is 26.5 Å². The van der Waals surface area contributed by atoms with Gasteiger partial charge in [-0.2, -0.15) is 0 Å². The first-order chi connectivity index (χ1) is 15.0. The molecule has 1 N–H and O–H groups in total. The van der Waals surface area contributed by atoms with Gasteiger partial charge in [-0.1, -0.05) is 23.7 Å². The summed E-state index contributed by atoms with van der Waals surface area (Å²) in [6.45, 7) is 0. The number of para-hydroxylation sites is 1. The summed E-state index contributed by atoms with van der Waals surface area (Å²) >= 11 is 5.93. The summed E-state index contributed by atoms with van der Waals surface area (Å²) in [5.41, 5.74) is 1.52. The molecule has 0 aliphatic heterocycles. The Morgan fingerprint density at radius 2 is 1.55 bits per heavy atom. The maximum absolute atomic E-state index is 13.1. The molecule has 0 aliphatic rings. The Labute approximate surface area is 183 Å². The highest BCUT2D eigenvalue weighted by atomic mass is 35.5. The number of anilines is 1. The molecule has 6 nitrogen and oxygen atoms in total. The van der Waals surface area contributed by atoms with Crippen LogP contribution in [-0.4, -0.2) is 25.9 Å². The molecule has 0 saturated heterocycles. The molecule has 0 unspecified atom stereocenters. The summed E-state index contributed by atoms with van der Waals surface area (Å²) in [6.07, 6.45) is 0. The number of methoxy groups -OCH3 is 2. The van der Waals surface area contributed by atoms with Gasteiger partial charge in [-0.15, -0.1) is 0 Å². The van der Waals surface area contributed by atoms with Crippen molar-refractivity contribution in [1.82, 2.24) is 0 Å². The second kappa shape index (κ2) is 8.53. The van der Waals surface area contributed by atoms with Crippen molar-refractivity contribution in [2.24, 2.45) is 0 Å². The monoisotopic (exact) mass is 435 g/mol. The number of benzene rings is 3. The molecule has 4 rings (SSSR count). The number of ether oxygens (including phenoxy) is 2. The highest BCUT2D eigenvalue weighted by Crippen LogP contribution is 2.34. The second-order valence-corrected chi connectivity index (χ2v) is 7.10. The van der Waals surface area contributed by atoms with Crippen LogP contribution in [-0.2, 0) is 0 Å². The van der Waals surface area contributed by atoms with Gasteiger partial charge in [0.15, 0.2) is 17.3 Å². The number of furan rings is 1. The normalized spacial score (nSPS) is 10.7. The number of hydrogen-bond acceptors (Lipinski definition) is 5. The number of rotatable bonds is 6. The van der Waals surface area contributed by atoms with E-state index in [0.717, 1.165) is 0 Å². The van der Waals surface area contributed by atoms with Crippen molar-refractivity contribution < 1.29 is 23.5 Å². The second-order valence-electron chi connectivity index (χ2n) is 6.66. The fourth-order valence-electron chi connectivity index (χ4n) is 3.22. The van der Waals surface area contributed by atoms with Crippen molar-refractivity contribution in [2.75, 3.05) is 19.5 Å². The van der Waals surface area contributed by atoms with Crippen LogP contribution >= 0.6 is 11.6 Å². The summed E-state index contributed by atoms with van der Waals surface area (Å²) in [5.74, 6) is 0.182. The molecule has 3 aromatic carbocycles. The van der Waals surface area contributed by atoms with E-state index in [1.807, 2.05) is 0 Å². The van der Waals surface area contributed by atoms with E-state index in [1.165, 1.54) is 14.2 Å². The molecule has 156 valence electrons. The Kier molecular flexibility index (Phi) is 5.64. The Hall–Kier alpha value is -3.77. The smallest absolute Gasteiger partial charge is 0.255 e. The van der Waals surface area contributed by atoms with E-state index in [1.54, 1.807) is 66.7 Å². The lowest BCUT2D eigenvalue weighted by atomic mass is 10.1. The first kappa shape index (κ1) is 20.5. The number of hydrogen-bond donors (Lipinski definition) is 1. The van der Waals surface area contributed by atoms with Crippen LogP contribution < -0.4 is 14.8 Å². The molecule has 0 fully saturated rings. The molecular weight excluding hydrogens is 418 g/mol. The molecule has 0 aliphatic carbocycles. The number of halogens is 1. The number of ketones is 1. The van der Waals surface area contributed by atoms with E-state index < -0.39 is 5.91 Å². The lowest BCUT2D eigenvalue weighted by Gasteiger charge is -2.10. The molecular formula is C24H18ClNO5. The number of carbonyl (C=O) groups excluding carboxylic acids is 2. The molecule has 31 heavy (non-hydrogen) atoms. The van der Waals surface area contributed by atoms with Gasteiger partial charge < -0.3 is 19.2 Å². The van der Waals surface area contributed by atoms with Crippen LogP contribution in [0.25, 0.3) is 11.0 Å². The van der Waals surface area contributed by atoms with Crippen molar-refractivity contribution >= 4 is 39.9 Å². The highest BCUT2D eigenvalue weighted by molar-refractivity contribution is 6.30. The largest absolute Gasteiger partial charge is 0.493 e. The molecule has 1 amide bonds. The van der Waals surface area contributed by atoms with E-state index in [2.05, 4.69) is 5.32 Å². The third-order valence-corrected chi connectivity index (χ3v) is 5.04. The molecule has 0 spiro atoms. The summed E-state index contributed by atoms with van der Waals surface area (Å²) in [6, 6.07) is 18.4. The molecule has 0 bridgehead atoms. The van der Waals surface area contributed by atoms with Gasteiger partial charge in [-0.3, -0.25) is 9.59 Å². The van der Waals surface area contributed by atoms with Crippen LogP contribution in [0.2, 0.25) is 5.02 Å². The predicted molar refractivity (Wildman–Crippen MR) is 119 cm³/mol. The molecule has 0 saturated carbocycles. The van der Waals surface area contributed by atoms with E-state index in [0.29, 0.717) is 44.3 Å². The zero-order chi connectivity index (χ0) is 22.0. The Morgan fingerprint density at radius 1 is 0.871 bits per heavy atom. The zero-order valence-electron chi connectivity index (χ0n) is 16.8. The lowest BCUT2D eigenvalue weighted by molar-refractivity contribution is 0.101. The maximum Gasteiger partial charge on any atom is 0.255 e. The van der Waals surface area contributed by atoms with Crippen LogP contribution in [0.3, 0.4) is 0 Å².